The van der Waals surface area contributed by atoms with Gasteiger partial charge in [-0.1, -0.05) is 61.5 Å². The molecule has 30 heavy (non-hydrogen) atoms. The fraction of sp³-hybridized carbons (Fsp3) is 0.375. The predicted molar refractivity (Wildman–Crippen MR) is 114 cm³/mol. The van der Waals surface area contributed by atoms with Crippen molar-refractivity contribution in [1.29, 1.82) is 0 Å². The first-order valence-electron chi connectivity index (χ1n) is 10.4. The van der Waals surface area contributed by atoms with Gasteiger partial charge in [-0.2, -0.15) is 0 Å². The van der Waals surface area contributed by atoms with Gasteiger partial charge in [0.05, 0.1) is 0 Å². The number of benzene rings is 2. The molecule has 0 aromatic heterocycles. The number of aliphatic carboxylic acids is 1. The van der Waals surface area contributed by atoms with Crippen LogP contribution in [-0.2, 0) is 33.8 Å². The maximum Gasteiger partial charge on any atom is 0.326 e. The second-order valence-corrected chi connectivity index (χ2v) is 7.69. The summed E-state index contributed by atoms with van der Waals surface area (Å²) in [4.78, 5) is 38.5. The summed E-state index contributed by atoms with van der Waals surface area (Å²) in [6.07, 6.45) is 2.23. The number of likely N-dealkylation sites (tertiary alicyclic amines) is 1. The zero-order chi connectivity index (χ0) is 21.5. The van der Waals surface area contributed by atoms with E-state index in [1.165, 1.54) is 5.56 Å². The molecule has 0 radical (unpaired) electrons. The van der Waals surface area contributed by atoms with E-state index in [9.17, 15) is 19.5 Å². The first kappa shape index (κ1) is 21.6. The Morgan fingerprint density at radius 2 is 1.77 bits per heavy atom. The number of nitrogens with zero attached hydrogens (tertiary/aromatic N) is 1. The summed E-state index contributed by atoms with van der Waals surface area (Å²) < 4.78 is 0. The van der Waals surface area contributed by atoms with Crippen LogP contribution in [0.1, 0.15) is 42.9 Å². The van der Waals surface area contributed by atoms with Gasteiger partial charge in [-0.3, -0.25) is 9.59 Å². The van der Waals surface area contributed by atoms with Gasteiger partial charge >= 0.3 is 5.97 Å². The number of carboxylic acid groups (broad SMARTS) is 1. The number of amides is 2. The SMILES string of the molecule is CCc1ccccc1CN1C(=O)CC[C@@H]1CC(=O)N[C@H](Cc1ccccc1)C(=O)O. The highest BCUT2D eigenvalue weighted by atomic mass is 16.4. The number of hydrogen-bond donors (Lipinski definition) is 2. The zero-order valence-corrected chi connectivity index (χ0v) is 17.2. The number of carbonyl (C=O) groups excluding carboxylic acids is 2. The number of carbonyl (C=O) groups is 3. The third kappa shape index (κ3) is 5.47. The first-order chi connectivity index (χ1) is 14.5. The minimum atomic E-state index is -1.07. The molecule has 1 aliphatic rings. The molecule has 1 heterocycles. The van der Waals surface area contributed by atoms with Crippen LogP contribution in [0.4, 0.5) is 0 Å². The second-order valence-electron chi connectivity index (χ2n) is 7.69. The molecule has 2 aromatic rings. The van der Waals surface area contributed by atoms with Gasteiger partial charge in [0, 0.05) is 31.8 Å². The lowest BCUT2D eigenvalue weighted by Gasteiger charge is -2.26. The minimum absolute atomic E-state index is 0.0396. The van der Waals surface area contributed by atoms with Crippen molar-refractivity contribution in [2.75, 3.05) is 0 Å². The molecule has 3 rings (SSSR count). The van der Waals surface area contributed by atoms with Crippen molar-refractivity contribution in [3.8, 4) is 0 Å². The fourth-order valence-corrected chi connectivity index (χ4v) is 3.98. The number of nitrogens with one attached hydrogen (secondary N) is 1. The number of aryl methyl sites for hydroxylation is 1. The normalized spacial score (nSPS) is 17.0. The summed E-state index contributed by atoms with van der Waals surface area (Å²) in [5.74, 6) is -1.37. The Balaban J connectivity index is 1.63. The van der Waals surface area contributed by atoms with Crippen molar-refractivity contribution >= 4 is 17.8 Å². The lowest BCUT2D eigenvalue weighted by molar-refractivity contribution is -0.142. The Morgan fingerprint density at radius 3 is 2.43 bits per heavy atom. The first-order valence-corrected chi connectivity index (χ1v) is 10.4. The largest absolute Gasteiger partial charge is 0.480 e. The lowest BCUT2D eigenvalue weighted by Crippen LogP contribution is -2.45. The van der Waals surface area contributed by atoms with E-state index in [2.05, 4.69) is 18.3 Å². The Kier molecular flexibility index (Phi) is 7.22. The summed E-state index contributed by atoms with van der Waals surface area (Å²) in [7, 11) is 0. The van der Waals surface area contributed by atoms with Gasteiger partial charge in [0.2, 0.25) is 11.8 Å². The number of carboxylic acids is 1. The number of hydrogen-bond acceptors (Lipinski definition) is 3. The third-order valence-electron chi connectivity index (χ3n) is 5.63. The Hall–Kier alpha value is -3.15. The summed E-state index contributed by atoms with van der Waals surface area (Å²) in [5, 5.41) is 12.1. The van der Waals surface area contributed by atoms with Crippen LogP contribution < -0.4 is 5.32 Å². The molecule has 0 unspecified atom stereocenters. The third-order valence-corrected chi connectivity index (χ3v) is 5.63. The van der Waals surface area contributed by atoms with E-state index in [1.807, 2.05) is 48.5 Å². The summed E-state index contributed by atoms with van der Waals surface area (Å²) >= 11 is 0. The van der Waals surface area contributed by atoms with Gasteiger partial charge in [0.15, 0.2) is 0 Å². The van der Waals surface area contributed by atoms with Gasteiger partial charge in [0.1, 0.15) is 6.04 Å². The maximum absolute atomic E-state index is 12.6. The smallest absolute Gasteiger partial charge is 0.326 e. The van der Waals surface area contributed by atoms with Crippen LogP contribution in [-0.4, -0.2) is 39.9 Å². The Bertz CT molecular complexity index is 897. The quantitative estimate of drug-likeness (QED) is 0.668. The predicted octanol–water partition coefficient (Wildman–Crippen LogP) is 2.94. The van der Waals surface area contributed by atoms with Gasteiger partial charge in [-0.25, -0.2) is 4.79 Å². The summed E-state index contributed by atoms with van der Waals surface area (Å²) in [5.41, 5.74) is 3.13. The highest BCUT2D eigenvalue weighted by Crippen LogP contribution is 2.25. The van der Waals surface area contributed by atoms with Crippen LogP contribution in [0, 0.1) is 0 Å². The van der Waals surface area contributed by atoms with Gasteiger partial charge in [-0.05, 0) is 29.5 Å². The van der Waals surface area contributed by atoms with Gasteiger partial charge in [0.25, 0.3) is 0 Å². The molecule has 0 saturated carbocycles. The molecule has 2 atom stereocenters. The van der Waals surface area contributed by atoms with E-state index in [4.69, 9.17) is 0 Å². The summed E-state index contributed by atoms with van der Waals surface area (Å²) in [6.45, 7) is 2.56. The second kappa shape index (κ2) is 10.1. The van der Waals surface area contributed by atoms with Crippen molar-refractivity contribution in [3.63, 3.8) is 0 Å². The standard InChI is InChI=1S/C24H28N2O4/c1-2-18-10-6-7-11-19(18)16-26-20(12-13-23(26)28)15-22(27)25-21(24(29)30)14-17-8-4-3-5-9-17/h3-11,20-21H,2,12-16H2,1H3,(H,25,27)(H,29,30)/t20-,21-/m1/s1. The average molecular weight is 408 g/mol. The van der Waals surface area contributed by atoms with Crippen molar-refractivity contribution in [2.45, 2.75) is 57.7 Å². The highest BCUT2D eigenvalue weighted by molar-refractivity contribution is 5.85. The van der Waals surface area contributed by atoms with Gasteiger partial charge in [-0.15, -0.1) is 0 Å². The molecule has 0 spiro atoms. The topological polar surface area (TPSA) is 86.7 Å². The van der Waals surface area contributed by atoms with Crippen molar-refractivity contribution in [2.24, 2.45) is 0 Å². The van der Waals surface area contributed by atoms with Crippen molar-refractivity contribution < 1.29 is 19.5 Å². The summed E-state index contributed by atoms with van der Waals surface area (Å²) in [6, 6.07) is 16.0. The van der Waals surface area contributed by atoms with Crippen LogP contribution in [0.5, 0.6) is 0 Å². The molecular formula is C24H28N2O4. The van der Waals surface area contributed by atoms with Crippen molar-refractivity contribution in [3.05, 3.63) is 71.3 Å². The molecule has 0 aliphatic carbocycles. The molecule has 0 bridgehead atoms. The Morgan fingerprint density at radius 1 is 1.10 bits per heavy atom. The van der Waals surface area contributed by atoms with E-state index in [0.29, 0.717) is 19.4 Å². The molecule has 2 N–H and O–H groups in total. The maximum atomic E-state index is 12.6. The van der Waals surface area contributed by atoms with Crippen LogP contribution in [0.2, 0.25) is 0 Å². The monoisotopic (exact) mass is 408 g/mol. The Labute approximate surface area is 176 Å². The van der Waals surface area contributed by atoms with Crippen LogP contribution in [0.3, 0.4) is 0 Å². The van der Waals surface area contributed by atoms with E-state index >= 15 is 0 Å². The lowest BCUT2D eigenvalue weighted by atomic mass is 10.0. The minimum Gasteiger partial charge on any atom is -0.480 e. The molecule has 6 nitrogen and oxygen atoms in total. The van der Waals surface area contributed by atoms with Crippen LogP contribution in [0.15, 0.2) is 54.6 Å². The molecule has 2 aromatic carbocycles. The molecule has 1 saturated heterocycles. The van der Waals surface area contributed by atoms with E-state index in [0.717, 1.165) is 17.5 Å². The number of rotatable bonds is 9. The van der Waals surface area contributed by atoms with E-state index in [-0.39, 0.29) is 30.7 Å². The fourth-order valence-electron chi connectivity index (χ4n) is 3.98. The van der Waals surface area contributed by atoms with Crippen LogP contribution in [0.25, 0.3) is 0 Å². The van der Waals surface area contributed by atoms with Crippen LogP contribution >= 0.6 is 0 Å². The highest BCUT2D eigenvalue weighted by Gasteiger charge is 2.33. The van der Waals surface area contributed by atoms with Gasteiger partial charge < -0.3 is 15.3 Å². The zero-order valence-electron chi connectivity index (χ0n) is 17.2. The van der Waals surface area contributed by atoms with E-state index in [1.54, 1.807) is 4.90 Å². The van der Waals surface area contributed by atoms with Crippen molar-refractivity contribution in [1.82, 2.24) is 10.2 Å². The average Bonchev–Trinajstić information content (AvgIpc) is 3.08. The molecule has 2 amide bonds. The molecule has 1 aliphatic heterocycles. The molecule has 158 valence electrons. The molecule has 6 heteroatoms. The molecular weight excluding hydrogens is 380 g/mol. The molecule has 1 fully saturated rings. The van der Waals surface area contributed by atoms with E-state index < -0.39 is 12.0 Å².